The molecule has 0 bridgehead atoms. The molecule has 2 atom stereocenters. The Hall–Kier alpha value is -1.04. The van der Waals surface area contributed by atoms with Crippen LogP contribution < -0.4 is 5.32 Å². The molecule has 5 heteroatoms. The normalized spacial score (nSPS) is 30.0. The molecule has 2 aliphatic heterocycles. The van der Waals surface area contributed by atoms with Gasteiger partial charge in [0.05, 0.1) is 12.2 Å². The Morgan fingerprint density at radius 1 is 1.30 bits per heavy atom. The predicted octanol–water partition coefficient (Wildman–Crippen LogP) is 2.39. The first-order valence-electron chi connectivity index (χ1n) is 7.06. The molecular weight excluding hydrogens is 264 g/mol. The largest absolute Gasteiger partial charge is 0.378 e. The minimum atomic E-state index is -0.542. The summed E-state index contributed by atoms with van der Waals surface area (Å²) in [5, 5.41) is 3.35. The summed E-state index contributed by atoms with van der Waals surface area (Å²) >= 11 is 0. The summed E-state index contributed by atoms with van der Waals surface area (Å²) in [4.78, 5) is 0. The maximum atomic E-state index is 13.6. The van der Waals surface area contributed by atoms with E-state index in [4.69, 9.17) is 9.47 Å². The summed E-state index contributed by atoms with van der Waals surface area (Å²) in [6.45, 7) is 2.51. The lowest BCUT2D eigenvalue weighted by atomic mass is 9.89. The Kier molecular flexibility index (Phi) is 4.01. The van der Waals surface area contributed by atoms with Crippen LogP contribution in [-0.2, 0) is 16.0 Å². The van der Waals surface area contributed by atoms with Crippen LogP contribution >= 0.6 is 0 Å². The van der Waals surface area contributed by atoms with Gasteiger partial charge >= 0.3 is 0 Å². The summed E-state index contributed by atoms with van der Waals surface area (Å²) in [6.07, 6.45) is 2.72. The first kappa shape index (κ1) is 13.9. The van der Waals surface area contributed by atoms with Crippen molar-refractivity contribution in [2.75, 3.05) is 19.8 Å². The maximum absolute atomic E-state index is 13.6. The van der Waals surface area contributed by atoms with Crippen molar-refractivity contribution < 1.29 is 18.3 Å². The van der Waals surface area contributed by atoms with Gasteiger partial charge in [0.15, 0.2) is 0 Å². The molecule has 1 aromatic rings. The van der Waals surface area contributed by atoms with E-state index in [1.165, 1.54) is 12.1 Å². The van der Waals surface area contributed by atoms with Gasteiger partial charge in [-0.3, -0.25) is 0 Å². The fourth-order valence-electron chi connectivity index (χ4n) is 2.98. The molecular formula is C15H19F2NO2. The number of rotatable bonds is 3. The van der Waals surface area contributed by atoms with E-state index in [1.54, 1.807) is 0 Å². The molecule has 0 radical (unpaired) electrons. The fourth-order valence-corrected chi connectivity index (χ4v) is 2.98. The molecule has 2 aliphatic rings. The maximum Gasteiger partial charge on any atom is 0.130 e. The zero-order valence-corrected chi connectivity index (χ0v) is 11.3. The average molecular weight is 283 g/mol. The second kappa shape index (κ2) is 5.76. The molecule has 3 rings (SSSR count). The third-order valence-electron chi connectivity index (χ3n) is 4.16. The Balaban J connectivity index is 1.58. The third kappa shape index (κ3) is 3.00. The molecule has 2 saturated heterocycles. The van der Waals surface area contributed by atoms with Gasteiger partial charge in [-0.2, -0.15) is 0 Å². The van der Waals surface area contributed by atoms with Gasteiger partial charge in [-0.1, -0.05) is 6.07 Å². The van der Waals surface area contributed by atoms with E-state index in [1.807, 2.05) is 0 Å². The number of benzene rings is 1. The lowest BCUT2D eigenvalue weighted by molar-refractivity contribution is -0.0894. The van der Waals surface area contributed by atoms with Gasteiger partial charge in [0, 0.05) is 43.9 Å². The van der Waals surface area contributed by atoms with Gasteiger partial charge in [-0.25, -0.2) is 8.78 Å². The highest BCUT2D eigenvalue weighted by molar-refractivity contribution is 5.18. The van der Waals surface area contributed by atoms with E-state index < -0.39 is 11.6 Å². The molecule has 2 fully saturated rings. The zero-order chi connectivity index (χ0) is 14.0. The highest BCUT2D eigenvalue weighted by atomic mass is 19.1. The van der Waals surface area contributed by atoms with Crippen LogP contribution in [0.3, 0.4) is 0 Å². The summed E-state index contributed by atoms with van der Waals surface area (Å²) in [6, 6.07) is 3.99. The van der Waals surface area contributed by atoms with Crippen LogP contribution in [-0.4, -0.2) is 31.5 Å². The third-order valence-corrected chi connectivity index (χ3v) is 4.16. The number of ether oxygens (including phenoxy) is 2. The number of halogens is 2. The van der Waals surface area contributed by atoms with E-state index in [-0.39, 0.29) is 11.6 Å². The molecule has 2 heterocycles. The van der Waals surface area contributed by atoms with Crippen LogP contribution in [0.2, 0.25) is 0 Å². The molecule has 3 nitrogen and oxygen atoms in total. The van der Waals surface area contributed by atoms with Crippen molar-refractivity contribution in [1.82, 2.24) is 5.32 Å². The molecule has 0 aliphatic carbocycles. The number of hydrogen-bond donors (Lipinski definition) is 1. The van der Waals surface area contributed by atoms with Crippen LogP contribution in [0.5, 0.6) is 0 Å². The Morgan fingerprint density at radius 3 is 2.95 bits per heavy atom. The second-order valence-corrected chi connectivity index (χ2v) is 5.64. The van der Waals surface area contributed by atoms with Crippen molar-refractivity contribution >= 4 is 0 Å². The average Bonchev–Trinajstić information content (AvgIpc) is 2.86. The van der Waals surface area contributed by atoms with Gasteiger partial charge in [-0.15, -0.1) is 0 Å². The summed E-state index contributed by atoms with van der Waals surface area (Å²) in [5.41, 5.74) is 0.340. The molecule has 1 N–H and O–H groups in total. The van der Waals surface area contributed by atoms with Crippen molar-refractivity contribution in [3.63, 3.8) is 0 Å². The smallest absolute Gasteiger partial charge is 0.130 e. The van der Waals surface area contributed by atoms with Crippen LogP contribution in [0.15, 0.2) is 18.2 Å². The van der Waals surface area contributed by atoms with Gasteiger partial charge in [0.25, 0.3) is 0 Å². The highest BCUT2D eigenvalue weighted by Crippen LogP contribution is 2.32. The molecule has 1 aromatic carbocycles. The first-order chi connectivity index (χ1) is 9.67. The van der Waals surface area contributed by atoms with E-state index in [0.29, 0.717) is 25.3 Å². The standard InChI is InChI=1S/C15H19F2NO2/c16-12-2-1-11(14(17)7-12)9-18-13-3-5-20-15(8-13)4-6-19-10-15/h1-2,7,13,18H,3-6,8-10H2. The Bertz CT molecular complexity index is 475. The Labute approximate surface area is 117 Å². The minimum Gasteiger partial charge on any atom is -0.378 e. The number of nitrogens with one attached hydrogen (secondary N) is 1. The van der Waals surface area contributed by atoms with Crippen molar-refractivity contribution in [2.24, 2.45) is 0 Å². The summed E-state index contributed by atoms with van der Waals surface area (Å²) in [7, 11) is 0. The summed E-state index contributed by atoms with van der Waals surface area (Å²) < 4.78 is 37.7. The van der Waals surface area contributed by atoms with Crippen LogP contribution in [0.25, 0.3) is 0 Å². The van der Waals surface area contributed by atoms with Crippen molar-refractivity contribution in [2.45, 2.75) is 37.5 Å². The number of hydrogen-bond acceptors (Lipinski definition) is 3. The quantitative estimate of drug-likeness (QED) is 0.924. The first-order valence-corrected chi connectivity index (χ1v) is 7.06. The van der Waals surface area contributed by atoms with Crippen molar-refractivity contribution in [3.8, 4) is 0 Å². The molecule has 2 unspecified atom stereocenters. The van der Waals surface area contributed by atoms with Gasteiger partial charge in [0.2, 0.25) is 0 Å². The van der Waals surface area contributed by atoms with Gasteiger partial charge < -0.3 is 14.8 Å². The summed E-state index contributed by atoms with van der Waals surface area (Å²) in [5.74, 6) is -1.04. The molecule has 0 saturated carbocycles. The van der Waals surface area contributed by atoms with Gasteiger partial charge in [-0.05, 0) is 18.9 Å². The second-order valence-electron chi connectivity index (χ2n) is 5.64. The SMILES string of the molecule is Fc1ccc(CNC2CCOC3(CCOC3)C2)c(F)c1. The van der Waals surface area contributed by atoms with Crippen molar-refractivity contribution in [3.05, 3.63) is 35.4 Å². The molecule has 20 heavy (non-hydrogen) atoms. The van der Waals surface area contributed by atoms with Crippen LogP contribution in [0.4, 0.5) is 8.78 Å². The van der Waals surface area contributed by atoms with E-state index in [2.05, 4.69) is 5.32 Å². The van der Waals surface area contributed by atoms with Crippen LogP contribution in [0, 0.1) is 11.6 Å². The molecule has 0 aromatic heterocycles. The van der Waals surface area contributed by atoms with E-state index in [9.17, 15) is 8.78 Å². The monoisotopic (exact) mass is 283 g/mol. The Morgan fingerprint density at radius 2 is 2.20 bits per heavy atom. The van der Waals surface area contributed by atoms with E-state index in [0.717, 1.165) is 31.9 Å². The topological polar surface area (TPSA) is 30.5 Å². The molecule has 1 spiro atoms. The van der Waals surface area contributed by atoms with Crippen molar-refractivity contribution in [1.29, 1.82) is 0 Å². The molecule has 0 amide bonds. The fraction of sp³-hybridized carbons (Fsp3) is 0.600. The van der Waals surface area contributed by atoms with Crippen LogP contribution in [0.1, 0.15) is 24.8 Å². The lowest BCUT2D eigenvalue weighted by Gasteiger charge is -2.37. The predicted molar refractivity (Wildman–Crippen MR) is 70.3 cm³/mol. The lowest BCUT2D eigenvalue weighted by Crippen LogP contribution is -2.47. The van der Waals surface area contributed by atoms with E-state index >= 15 is 0 Å². The highest BCUT2D eigenvalue weighted by Gasteiger charge is 2.40. The van der Waals surface area contributed by atoms with Gasteiger partial charge in [0.1, 0.15) is 11.6 Å². The minimum absolute atomic E-state index is 0.155. The molecule has 110 valence electrons. The zero-order valence-electron chi connectivity index (χ0n) is 11.3.